The van der Waals surface area contributed by atoms with Gasteiger partial charge in [-0.15, -0.1) is 11.3 Å². The first-order valence-corrected chi connectivity index (χ1v) is 14.1. The number of amides is 2. The van der Waals surface area contributed by atoms with Crippen molar-refractivity contribution in [2.24, 2.45) is 0 Å². The normalized spacial score (nSPS) is 16.2. The van der Waals surface area contributed by atoms with E-state index in [0.717, 1.165) is 30.5 Å². The van der Waals surface area contributed by atoms with Gasteiger partial charge >= 0.3 is 6.03 Å². The Morgan fingerprint density at radius 2 is 1.84 bits per heavy atom. The zero-order valence-electron chi connectivity index (χ0n) is 22.1. The van der Waals surface area contributed by atoms with Gasteiger partial charge in [-0.3, -0.25) is 0 Å². The van der Waals surface area contributed by atoms with Crippen molar-refractivity contribution in [2.45, 2.75) is 51.6 Å². The lowest BCUT2D eigenvalue weighted by Crippen LogP contribution is -2.38. The van der Waals surface area contributed by atoms with Gasteiger partial charge in [0.2, 0.25) is 0 Å². The first kappa shape index (κ1) is 24.6. The molecule has 1 N–H and O–H groups in total. The number of nitrogens with zero attached hydrogens (tertiary/aromatic N) is 2. The van der Waals surface area contributed by atoms with Crippen molar-refractivity contribution in [1.29, 1.82) is 0 Å². The van der Waals surface area contributed by atoms with Crippen LogP contribution in [-0.4, -0.2) is 29.7 Å². The molecule has 2 amide bonds. The quantitative estimate of drug-likeness (QED) is 0.300. The number of fused-ring (bicyclic) bond motifs is 5. The third-order valence-electron chi connectivity index (χ3n) is 7.79. The molecule has 6 rings (SSSR count). The van der Waals surface area contributed by atoms with Crippen molar-refractivity contribution >= 4 is 23.1 Å². The van der Waals surface area contributed by atoms with Crippen molar-refractivity contribution in [3.05, 3.63) is 93.6 Å². The highest BCUT2D eigenvalue weighted by Crippen LogP contribution is 2.44. The summed E-state index contributed by atoms with van der Waals surface area (Å²) in [4.78, 5) is 17.7. The van der Waals surface area contributed by atoms with Gasteiger partial charge in [-0.2, -0.15) is 0 Å². The summed E-state index contributed by atoms with van der Waals surface area (Å²) in [6.07, 6.45) is 7.77. The number of urea groups is 1. The van der Waals surface area contributed by atoms with Gasteiger partial charge in [0.25, 0.3) is 0 Å². The van der Waals surface area contributed by atoms with Gasteiger partial charge in [0, 0.05) is 22.7 Å². The lowest BCUT2D eigenvalue weighted by molar-refractivity contribution is 0.194. The molecule has 1 unspecified atom stereocenters. The van der Waals surface area contributed by atoms with Crippen molar-refractivity contribution < 1.29 is 14.3 Å². The van der Waals surface area contributed by atoms with Gasteiger partial charge in [-0.1, -0.05) is 31.2 Å². The van der Waals surface area contributed by atoms with Crippen LogP contribution in [0.5, 0.6) is 11.5 Å². The Kier molecular flexibility index (Phi) is 6.62. The molecule has 1 aliphatic heterocycles. The Labute approximate surface area is 227 Å². The Hall–Kier alpha value is -3.71. The van der Waals surface area contributed by atoms with Crippen LogP contribution in [0.2, 0.25) is 0 Å². The second kappa shape index (κ2) is 10.2. The SMILES string of the molecule is CCc1ccc(C2c3cccn3-c3sc4c(c3CN2C(=O)Nc2ccc(OC)cc2OC)CCCC4)cc1. The number of aryl methyl sites for hydroxylation is 2. The first-order chi connectivity index (χ1) is 18.6. The summed E-state index contributed by atoms with van der Waals surface area (Å²) in [6.45, 7) is 2.71. The Balaban J connectivity index is 1.47. The van der Waals surface area contributed by atoms with Gasteiger partial charge < -0.3 is 24.3 Å². The number of hydrogen-bond acceptors (Lipinski definition) is 4. The number of methoxy groups -OCH3 is 2. The average molecular weight is 528 g/mol. The smallest absolute Gasteiger partial charge is 0.323 e. The van der Waals surface area contributed by atoms with Crippen molar-refractivity contribution in [1.82, 2.24) is 9.47 Å². The molecule has 2 aromatic heterocycles. The summed E-state index contributed by atoms with van der Waals surface area (Å²) in [6, 6.07) is 18.0. The Bertz CT molecular complexity index is 1470. The second-order valence-corrected chi connectivity index (χ2v) is 11.0. The molecule has 0 spiro atoms. The second-order valence-electron chi connectivity index (χ2n) is 9.92. The van der Waals surface area contributed by atoms with Crippen molar-refractivity contribution in [2.75, 3.05) is 19.5 Å². The highest BCUT2D eigenvalue weighted by atomic mass is 32.1. The third-order valence-corrected chi connectivity index (χ3v) is 9.13. The molecule has 196 valence electrons. The molecule has 2 aromatic carbocycles. The highest BCUT2D eigenvalue weighted by Gasteiger charge is 2.36. The molecule has 1 aliphatic carbocycles. The zero-order valence-corrected chi connectivity index (χ0v) is 22.9. The number of carbonyl (C=O) groups is 1. The molecule has 0 fully saturated rings. The van der Waals surface area contributed by atoms with E-state index in [1.54, 1.807) is 20.3 Å². The number of carbonyl (C=O) groups excluding carboxylic acids is 1. The lowest BCUT2D eigenvalue weighted by Gasteiger charge is -2.31. The van der Waals surface area contributed by atoms with E-state index in [0.29, 0.717) is 23.7 Å². The van der Waals surface area contributed by atoms with Crippen molar-refractivity contribution in [3.8, 4) is 16.5 Å². The number of thiophene rings is 1. The maximum absolute atomic E-state index is 14.2. The number of anilines is 1. The van der Waals surface area contributed by atoms with Crippen LogP contribution in [0.25, 0.3) is 5.00 Å². The molecule has 4 aromatic rings. The molecule has 1 atom stereocenters. The number of ether oxygens (including phenoxy) is 2. The zero-order chi connectivity index (χ0) is 26.2. The maximum atomic E-state index is 14.2. The standard InChI is InChI=1S/C31H33N3O3S/c1-4-20-11-13-21(14-12-20)29-26-9-7-17-33(26)30-24(23-8-5-6-10-28(23)38-30)19-34(29)31(35)32-25-16-15-22(36-2)18-27(25)37-3/h7,9,11-18,29H,4-6,8,10,19H2,1-3H3,(H,32,35). The molecular weight excluding hydrogens is 494 g/mol. The van der Waals surface area contributed by atoms with Crippen LogP contribution >= 0.6 is 11.3 Å². The van der Waals surface area contributed by atoms with Gasteiger partial charge in [0.15, 0.2) is 0 Å². The number of nitrogens with one attached hydrogen (secondary N) is 1. The first-order valence-electron chi connectivity index (χ1n) is 13.3. The van der Waals surface area contributed by atoms with E-state index in [-0.39, 0.29) is 12.1 Å². The molecule has 0 saturated heterocycles. The largest absolute Gasteiger partial charge is 0.497 e. The fourth-order valence-corrected chi connectivity index (χ4v) is 7.17. The molecule has 0 radical (unpaired) electrons. The summed E-state index contributed by atoms with van der Waals surface area (Å²) >= 11 is 1.90. The minimum absolute atomic E-state index is 0.158. The monoisotopic (exact) mass is 527 g/mol. The van der Waals surface area contributed by atoms with Crippen LogP contribution in [0.1, 0.15) is 58.6 Å². The fraction of sp³-hybridized carbons (Fsp3) is 0.323. The van der Waals surface area contributed by atoms with E-state index >= 15 is 0 Å². The summed E-state index contributed by atoms with van der Waals surface area (Å²) in [7, 11) is 3.22. The van der Waals surface area contributed by atoms with Crippen LogP contribution in [0, 0.1) is 0 Å². The molecule has 7 heteroatoms. The summed E-state index contributed by atoms with van der Waals surface area (Å²) < 4.78 is 13.3. The summed E-state index contributed by atoms with van der Waals surface area (Å²) in [5.41, 5.74) is 6.83. The minimum Gasteiger partial charge on any atom is -0.497 e. The number of hydrogen-bond donors (Lipinski definition) is 1. The average Bonchev–Trinajstić information content (AvgIpc) is 3.55. The Morgan fingerprint density at radius 3 is 2.61 bits per heavy atom. The molecular formula is C31H33N3O3S. The molecule has 0 bridgehead atoms. The van der Waals surface area contributed by atoms with E-state index in [2.05, 4.69) is 59.4 Å². The highest BCUT2D eigenvalue weighted by molar-refractivity contribution is 7.15. The maximum Gasteiger partial charge on any atom is 0.323 e. The van der Waals surface area contributed by atoms with Gasteiger partial charge in [-0.05, 0) is 73.1 Å². The predicted octanol–water partition coefficient (Wildman–Crippen LogP) is 7.13. The molecule has 2 aliphatic rings. The van der Waals surface area contributed by atoms with Gasteiger partial charge in [-0.25, -0.2) is 4.79 Å². The molecule has 38 heavy (non-hydrogen) atoms. The van der Waals surface area contributed by atoms with Crippen LogP contribution in [-0.2, 0) is 25.8 Å². The van der Waals surface area contributed by atoms with Crippen LogP contribution in [0.15, 0.2) is 60.8 Å². The van der Waals surface area contributed by atoms with E-state index in [1.165, 1.54) is 39.4 Å². The molecule has 6 nitrogen and oxygen atoms in total. The molecule has 0 saturated carbocycles. The topological polar surface area (TPSA) is 55.7 Å². The predicted molar refractivity (Wildman–Crippen MR) is 152 cm³/mol. The number of benzene rings is 2. The summed E-state index contributed by atoms with van der Waals surface area (Å²) in [5, 5.41) is 4.41. The van der Waals surface area contributed by atoms with E-state index in [4.69, 9.17) is 9.47 Å². The number of rotatable bonds is 5. The van der Waals surface area contributed by atoms with Crippen LogP contribution in [0.4, 0.5) is 10.5 Å². The van der Waals surface area contributed by atoms with E-state index in [1.807, 2.05) is 28.4 Å². The minimum atomic E-state index is -0.237. The van der Waals surface area contributed by atoms with Crippen molar-refractivity contribution in [3.63, 3.8) is 0 Å². The van der Waals surface area contributed by atoms with E-state index in [9.17, 15) is 4.79 Å². The fourth-order valence-electron chi connectivity index (χ4n) is 5.76. The van der Waals surface area contributed by atoms with Crippen LogP contribution in [0.3, 0.4) is 0 Å². The van der Waals surface area contributed by atoms with Gasteiger partial charge in [0.05, 0.1) is 38.2 Å². The van der Waals surface area contributed by atoms with Crippen LogP contribution < -0.4 is 14.8 Å². The number of aromatic nitrogens is 1. The van der Waals surface area contributed by atoms with Gasteiger partial charge in [0.1, 0.15) is 16.5 Å². The Morgan fingerprint density at radius 1 is 1.03 bits per heavy atom. The lowest BCUT2D eigenvalue weighted by atomic mass is 9.95. The summed E-state index contributed by atoms with van der Waals surface area (Å²) in [5.74, 6) is 1.24. The van der Waals surface area contributed by atoms with E-state index < -0.39 is 0 Å². The third kappa shape index (κ3) is 4.25. The molecule has 3 heterocycles.